The minimum Gasteiger partial charge on any atom is -0.300 e. The van der Waals surface area contributed by atoms with Crippen LogP contribution in [0.1, 0.15) is 12.5 Å². The van der Waals surface area contributed by atoms with E-state index >= 15 is 0 Å². The number of amides is 1. The van der Waals surface area contributed by atoms with Crippen LogP contribution in [-0.4, -0.2) is 37.2 Å². The molecule has 0 aliphatic carbocycles. The van der Waals surface area contributed by atoms with Crippen molar-refractivity contribution < 1.29 is 18.0 Å². The van der Waals surface area contributed by atoms with Gasteiger partial charge >= 0.3 is 6.18 Å². The lowest BCUT2D eigenvalue weighted by Gasteiger charge is -2.11. The number of hydrogen-bond acceptors (Lipinski definition) is 7. The number of nitrogens with zero attached hydrogens (tertiary/aromatic N) is 4. The number of thioether (sulfide) groups is 2. The van der Waals surface area contributed by atoms with Crippen molar-refractivity contribution in [2.24, 2.45) is 0 Å². The summed E-state index contributed by atoms with van der Waals surface area (Å²) in [5.41, 5.74) is -0.426. The minimum absolute atomic E-state index is 0.0335. The molecule has 1 amide bonds. The number of aromatic nitrogens is 4. The van der Waals surface area contributed by atoms with E-state index in [1.807, 2.05) is 6.92 Å². The fourth-order valence-corrected chi connectivity index (χ4v) is 4.59. The van der Waals surface area contributed by atoms with Crippen LogP contribution in [0.15, 0.2) is 46.2 Å². The van der Waals surface area contributed by atoms with Gasteiger partial charge in [0.05, 0.1) is 11.3 Å². The monoisotopic (exact) mass is 445 g/mol. The molecule has 12 heteroatoms. The Morgan fingerprint density at radius 2 is 2.11 bits per heavy atom. The summed E-state index contributed by atoms with van der Waals surface area (Å²) in [6, 6.07) is 4.93. The van der Waals surface area contributed by atoms with Gasteiger partial charge in [0, 0.05) is 18.1 Å². The standard InChI is InChI=1S/C16H14F3N5OS3/c1-2-26-15-23-22-13(28-15)21-12(25)9-27-14-20-6-7-24(14)11-5-3-4-10(8-11)16(17,18)19/h3-8H,2,9H2,1H3,(H,21,22,25). The minimum atomic E-state index is -4.43. The fraction of sp³-hybridized carbons (Fsp3) is 0.250. The number of carbonyl (C=O) groups is 1. The van der Waals surface area contributed by atoms with Crippen molar-refractivity contribution in [1.82, 2.24) is 19.7 Å². The van der Waals surface area contributed by atoms with E-state index in [4.69, 9.17) is 0 Å². The molecule has 148 valence electrons. The molecule has 0 saturated carbocycles. The van der Waals surface area contributed by atoms with Crippen LogP contribution in [0.2, 0.25) is 0 Å². The van der Waals surface area contributed by atoms with Gasteiger partial charge in [0.2, 0.25) is 11.0 Å². The van der Waals surface area contributed by atoms with Crippen LogP contribution in [0.5, 0.6) is 0 Å². The van der Waals surface area contributed by atoms with E-state index in [-0.39, 0.29) is 11.7 Å². The maximum Gasteiger partial charge on any atom is 0.416 e. The lowest BCUT2D eigenvalue weighted by Crippen LogP contribution is -2.14. The second-order valence-corrected chi connectivity index (χ2v) is 8.70. The summed E-state index contributed by atoms with van der Waals surface area (Å²) in [5.74, 6) is 0.593. The number of carbonyl (C=O) groups excluding carboxylic acids is 1. The van der Waals surface area contributed by atoms with E-state index < -0.39 is 11.7 Å². The van der Waals surface area contributed by atoms with Crippen molar-refractivity contribution >= 4 is 45.9 Å². The Balaban J connectivity index is 1.65. The molecule has 6 nitrogen and oxygen atoms in total. The fourth-order valence-electron chi connectivity index (χ4n) is 2.15. The third kappa shape index (κ3) is 5.26. The van der Waals surface area contributed by atoms with Gasteiger partial charge in [-0.15, -0.1) is 10.2 Å². The van der Waals surface area contributed by atoms with E-state index in [0.717, 1.165) is 34.0 Å². The Labute approximate surface area is 171 Å². The molecule has 0 aliphatic heterocycles. The molecule has 1 aromatic carbocycles. The molecular weight excluding hydrogens is 431 g/mol. The largest absolute Gasteiger partial charge is 0.416 e. The van der Waals surface area contributed by atoms with Crippen molar-refractivity contribution in [2.75, 3.05) is 16.8 Å². The molecule has 0 spiro atoms. The average Bonchev–Trinajstić information content (AvgIpc) is 3.29. The van der Waals surface area contributed by atoms with Crippen molar-refractivity contribution in [2.45, 2.75) is 22.6 Å². The Bertz CT molecular complexity index is 957. The third-order valence-corrected chi connectivity index (χ3v) is 6.13. The number of alkyl halides is 3. The molecule has 2 heterocycles. The number of rotatable bonds is 7. The van der Waals surface area contributed by atoms with Crippen molar-refractivity contribution in [3.05, 3.63) is 42.2 Å². The molecule has 0 saturated heterocycles. The van der Waals surface area contributed by atoms with Gasteiger partial charge in [-0.25, -0.2) is 4.98 Å². The normalized spacial score (nSPS) is 11.6. The summed E-state index contributed by atoms with van der Waals surface area (Å²) in [6.45, 7) is 1.99. The maximum absolute atomic E-state index is 12.9. The third-order valence-electron chi connectivity index (χ3n) is 3.31. The van der Waals surface area contributed by atoms with Crippen LogP contribution in [0.4, 0.5) is 18.3 Å². The summed E-state index contributed by atoms with van der Waals surface area (Å²) in [5, 5.41) is 11.3. The van der Waals surface area contributed by atoms with Crippen molar-refractivity contribution in [3.63, 3.8) is 0 Å². The summed E-state index contributed by atoms with van der Waals surface area (Å²) in [6.07, 6.45) is -1.41. The van der Waals surface area contributed by atoms with Gasteiger partial charge < -0.3 is 0 Å². The first-order chi connectivity index (χ1) is 13.4. The summed E-state index contributed by atoms with van der Waals surface area (Å²) in [4.78, 5) is 16.3. The molecule has 2 aromatic heterocycles. The van der Waals surface area contributed by atoms with Gasteiger partial charge in [0.25, 0.3) is 0 Å². The highest BCUT2D eigenvalue weighted by atomic mass is 32.2. The Hall–Kier alpha value is -2.05. The Morgan fingerprint density at radius 1 is 1.29 bits per heavy atom. The predicted octanol–water partition coefficient (Wildman–Crippen LogP) is 4.59. The van der Waals surface area contributed by atoms with Crippen molar-refractivity contribution in [3.8, 4) is 5.69 Å². The quantitative estimate of drug-likeness (QED) is 0.424. The highest BCUT2D eigenvalue weighted by molar-refractivity contribution is 8.01. The highest BCUT2D eigenvalue weighted by Gasteiger charge is 2.30. The van der Waals surface area contributed by atoms with Crippen molar-refractivity contribution in [1.29, 1.82) is 0 Å². The van der Waals surface area contributed by atoms with E-state index in [9.17, 15) is 18.0 Å². The average molecular weight is 446 g/mol. The molecule has 28 heavy (non-hydrogen) atoms. The van der Waals surface area contributed by atoms with Crippen LogP contribution in [0, 0.1) is 0 Å². The summed E-state index contributed by atoms with van der Waals surface area (Å²) in [7, 11) is 0. The van der Waals surface area contributed by atoms with E-state index in [2.05, 4.69) is 20.5 Å². The van der Waals surface area contributed by atoms with Gasteiger partial charge in [0.15, 0.2) is 9.50 Å². The molecule has 1 N–H and O–H groups in total. The van der Waals surface area contributed by atoms with Crippen LogP contribution in [0.25, 0.3) is 5.69 Å². The topological polar surface area (TPSA) is 72.7 Å². The van der Waals surface area contributed by atoms with Gasteiger partial charge in [-0.3, -0.25) is 14.7 Å². The van der Waals surface area contributed by atoms with Crippen LogP contribution < -0.4 is 5.32 Å². The zero-order valence-corrected chi connectivity index (χ0v) is 16.9. The first kappa shape index (κ1) is 20.7. The molecule has 0 fully saturated rings. The number of hydrogen-bond donors (Lipinski definition) is 1. The number of anilines is 1. The first-order valence-corrected chi connectivity index (χ1v) is 10.8. The summed E-state index contributed by atoms with van der Waals surface area (Å²) < 4.78 is 41.1. The smallest absolute Gasteiger partial charge is 0.300 e. The lowest BCUT2D eigenvalue weighted by molar-refractivity contribution is -0.137. The predicted molar refractivity (Wildman–Crippen MR) is 104 cm³/mol. The molecule has 0 radical (unpaired) electrons. The summed E-state index contributed by atoms with van der Waals surface area (Å²) >= 11 is 3.93. The van der Waals surface area contributed by atoms with Gasteiger partial charge in [-0.1, -0.05) is 47.9 Å². The van der Waals surface area contributed by atoms with Gasteiger partial charge in [0.1, 0.15) is 0 Å². The molecule has 3 aromatic rings. The van der Waals surface area contributed by atoms with Gasteiger partial charge in [-0.2, -0.15) is 13.2 Å². The number of halogens is 3. The SMILES string of the molecule is CCSc1nnc(NC(=O)CSc2nccn2-c2cccc(C(F)(F)F)c2)s1. The number of benzene rings is 1. The van der Waals surface area contributed by atoms with E-state index in [1.54, 1.807) is 12.3 Å². The molecule has 0 unspecified atom stereocenters. The maximum atomic E-state index is 12.9. The van der Waals surface area contributed by atoms with E-state index in [0.29, 0.717) is 16.0 Å². The van der Waals surface area contributed by atoms with Crippen LogP contribution in [0.3, 0.4) is 0 Å². The van der Waals surface area contributed by atoms with Crippen LogP contribution in [-0.2, 0) is 11.0 Å². The molecule has 3 rings (SSSR count). The Kier molecular flexibility index (Phi) is 6.62. The number of nitrogens with one attached hydrogen (secondary N) is 1. The zero-order chi connectivity index (χ0) is 20.1. The Morgan fingerprint density at radius 3 is 2.86 bits per heavy atom. The number of imidazole rings is 1. The molecule has 0 bridgehead atoms. The molecular formula is C16H14F3N5OS3. The second kappa shape index (κ2) is 8.97. The van der Waals surface area contributed by atoms with Crippen LogP contribution >= 0.6 is 34.9 Å². The first-order valence-electron chi connectivity index (χ1n) is 7.96. The van der Waals surface area contributed by atoms with Gasteiger partial charge in [-0.05, 0) is 24.0 Å². The lowest BCUT2D eigenvalue weighted by atomic mass is 10.2. The zero-order valence-electron chi connectivity index (χ0n) is 14.4. The molecule has 0 aliphatic rings. The highest BCUT2D eigenvalue weighted by Crippen LogP contribution is 2.31. The molecule has 0 atom stereocenters. The second-order valence-electron chi connectivity index (χ2n) is 5.27. The van der Waals surface area contributed by atoms with E-state index in [1.165, 1.54) is 39.9 Å².